The van der Waals surface area contributed by atoms with E-state index in [-0.39, 0.29) is 0 Å². The molecule has 0 aromatic carbocycles. The van der Waals surface area contributed by atoms with Crippen LogP contribution in [0.15, 0.2) is 4.52 Å². The van der Waals surface area contributed by atoms with Crippen LogP contribution in [0.25, 0.3) is 0 Å². The van der Waals surface area contributed by atoms with Crippen LogP contribution in [-0.2, 0) is 0 Å². The summed E-state index contributed by atoms with van der Waals surface area (Å²) in [4.78, 5) is 6.68. The van der Waals surface area contributed by atoms with Gasteiger partial charge < -0.3 is 14.7 Å². The molecule has 0 atom stereocenters. The Morgan fingerprint density at radius 1 is 1.25 bits per heavy atom. The first-order valence-electron chi connectivity index (χ1n) is 6.12. The van der Waals surface area contributed by atoms with Crippen LogP contribution in [-0.4, -0.2) is 36.3 Å². The molecule has 2 aliphatic rings. The van der Waals surface area contributed by atoms with E-state index in [4.69, 9.17) is 4.52 Å². The SMILES string of the molecule is CNC1CCN(c2nc(C3CC3)no2)CC1. The zero-order chi connectivity index (χ0) is 11.0. The molecule has 0 spiro atoms. The van der Waals surface area contributed by atoms with Crippen LogP contribution in [0.4, 0.5) is 6.01 Å². The number of aromatic nitrogens is 2. The summed E-state index contributed by atoms with van der Waals surface area (Å²) in [5.41, 5.74) is 0. The maximum absolute atomic E-state index is 5.32. The van der Waals surface area contributed by atoms with Crippen molar-refractivity contribution in [3.05, 3.63) is 5.82 Å². The molecule has 5 nitrogen and oxygen atoms in total. The average Bonchev–Trinajstić information content (AvgIpc) is 3.08. The quantitative estimate of drug-likeness (QED) is 0.831. The third kappa shape index (κ3) is 1.91. The smallest absolute Gasteiger partial charge is 0.324 e. The van der Waals surface area contributed by atoms with Gasteiger partial charge in [0, 0.05) is 25.0 Å². The van der Waals surface area contributed by atoms with Crippen LogP contribution in [0.3, 0.4) is 0 Å². The van der Waals surface area contributed by atoms with Gasteiger partial charge in [-0.3, -0.25) is 0 Å². The van der Waals surface area contributed by atoms with Gasteiger partial charge in [0.15, 0.2) is 5.82 Å². The minimum absolute atomic E-state index is 0.576. The predicted molar refractivity (Wildman–Crippen MR) is 60.6 cm³/mol. The Labute approximate surface area is 95.2 Å². The molecule has 2 heterocycles. The summed E-state index contributed by atoms with van der Waals surface area (Å²) in [5, 5.41) is 7.37. The fourth-order valence-electron chi connectivity index (χ4n) is 2.22. The lowest BCUT2D eigenvalue weighted by molar-refractivity contribution is 0.377. The van der Waals surface area contributed by atoms with Crippen LogP contribution >= 0.6 is 0 Å². The predicted octanol–water partition coefficient (Wildman–Crippen LogP) is 1.14. The highest BCUT2D eigenvalue weighted by Crippen LogP contribution is 2.38. The van der Waals surface area contributed by atoms with Crippen molar-refractivity contribution in [2.75, 3.05) is 25.0 Å². The highest BCUT2D eigenvalue weighted by atomic mass is 16.5. The molecule has 1 aromatic heterocycles. The van der Waals surface area contributed by atoms with E-state index in [1.807, 2.05) is 7.05 Å². The van der Waals surface area contributed by atoms with Gasteiger partial charge in [0.2, 0.25) is 0 Å². The lowest BCUT2D eigenvalue weighted by atomic mass is 10.1. The third-order valence-corrected chi connectivity index (χ3v) is 3.55. The van der Waals surface area contributed by atoms with E-state index in [2.05, 4.69) is 20.4 Å². The second-order valence-electron chi connectivity index (χ2n) is 4.76. The van der Waals surface area contributed by atoms with Gasteiger partial charge >= 0.3 is 6.01 Å². The first-order valence-corrected chi connectivity index (χ1v) is 6.12. The third-order valence-electron chi connectivity index (χ3n) is 3.55. The summed E-state index contributed by atoms with van der Waals surface area (Å²) >= 11 is 0. The fraction of sp³-hybridized carbons (Fsp3) is 0.818. The van der Waals surface area contributed by atoms with Gasteiger partial charge in [0.25, 0.3) is 0 Å². The topological polar surface area (TPSA) is 54.2 Å². The van der Waals surface area contributed by atoms with Gasteiger partial charge in [-0.2, -0.15) is 4.98 Å². The molecule has 0 unspecified atom stereocenters. The van der Waals surface area contributed by atoms with Crippen LogP contribution in [0.5, 0.6) is 0 Å². The first-order chi connectivity index (χ1) is 7.86. The molecule has 5 heteroatoms. The maximum Gasteiger partial charge on any atom is 0.324 e. The summed E-state index contributed by atoms with van der Waals surface area (Å²) < 4.78 is 5.32. The van der Waals surface area contributed by atoms with E-state index in [0.717, 1.165) is 37.8 Å². The van der Waals surface area contributed by atoms with Gasteiger partial charge in [-0.05, 0) is 32.7 Å². The summed E-state index contributed by atoms with van der Waals surface area (Å²) in [5.74, 6) is 1.48. The number of anilines is 1. The normalized spacial score (nSPS) is 22.7. The number of nitrogens with zero attached hydrogens (tertiary/aromatic N) is 3. The number of hydrogen-bond donors (Lipinski definition) is 1. The van der Waals surface area contributed by atoms with Crippen molar-refractivity contribution >= 4 is 6.01 Å². The summed E-state index contributed by atoms with van der Waals surface area (Å²) in [6.07, 6.45) is 4.75. The molecular weight excluding hydrogens is 204 g/mol. The van der Waals surface area contributed by atoms with E-state index in [1.165, 1.54) is 12.8 Å². The highest BCUT2D eigenvalue weighted by Gasteiger charge is 2.30. The van der Waals surface area contributed by atoms with Crippen molar-refractivity contribution in [2.45, 2.75) is 37.6 Å². The molecule has 0 bridgehead atoms. The number of piperidine rings is 1. The molecule has 0 amide bonds. The fourth-order valence-corrected chi connectivity index (χ4v) is 2.22. The molecule has 1 aromatic rings. The monoisotopic (exact) mass is 222 g/mol. The van der Waals surface area contributed by atoms with Crippen molar-refractivity contribution in [1.29, 1.82) is 0 Å². The van der Waals surface area contributed by atoms with E-state index in [9.17, 15) is 0 Å². The van der Waals surface area contributed by atoms with E-state index >= 15 is 0 Å². The minimum atomic E-state index is 0.576. The van der Waals surface area contributed by atoms with Crippen LogP contribution in [0.1, 0.15) is 37.4 Å². The van der Waals surface area contributed by atoms with E-state index in [1.54, 1.807) is 0 Å². The molecule has 2 fully saturated rings. The Kier molecular flexibility index (Phi) is 2.55. The van der Waals surface area contributed by atoms with Crippen LogP contribution < -0.4 is 10.2 Å². The molecule has 88 valence electrons. The van der Waals surface area contributed by atoms with Gasteiger partial charge in [-0.25, -0.2) is 0 Å². The minimum Gasteiger partial charge on any atom is -0.324 e. The lowest BCUT2D eigenvalue weighted by Crippen LogP contribution is -2.41. The Hall–Kier alpha value is -1.10. The summed E-state index contributed by atoms with van der Waals surface area (Å²) in [6, 6.07) is 1.36. The molecule has 16 heavy (non-hydrogen) atoms. The van der Waals surface area contributed by atoms with Crippen molar-refractivity contribution in [1.82, 2.24) is 15.5 Å². The molecule has 3 rings (SSSR count). The standard InChI is InChI=1S/C11H18N4O/c1-12-9-4-6-15(7-5-9)11-13-10(14-16-11)8-2-3-8/h8-9,12H,2-7H2,1H3. The number of nitrogens with one attached hydrogen (secondary N) is 1. The zero-order valence-electron chi connectivity index (χ0n) is 9.65. The van der Waals surface area contributed by atoms with Crippen LogP contribution in [0, 0.1) is 0 Å². The molecule has 1 aliphatic carbocycles. The Bertz CT molecular complexity index is 353. The van der Waals surface area contributed by atoms with Gasteiger partial charge in [0.05, 0.1) is 0 Å². The Balaban J connectivity index is 1.63. The van der Waals surface area contributed by atoms with Gasteiger partial charge in [-0.15, -0.1) is 0 Å². The molecule has 1 aliphatic heterocycles. The first kappa shape index (κ1) is 10.1. The van der Waals surface area contributed by atoms with Crippen molar-refractivity contribution in [3.8, 4) is 0 Å². The van der Waals surface area contributed by atoms with E-state index in [0.29, 0.717) is 12.0 Å². The second kappa shape index (κ2) is 4.05. The van der Waals surface area contributed by atoms with Crippen LogP contribution in [0.2, 0.25) is 0 Å². The largest absolute Gasteiger partial charge is 0.324 e. The number of rotatable bonds is 3. The molecular formula is C11H18N4O. The lowest BCUT2D eigenvalue weighted by Gasteiger charge is -2.30. The maximum atomic E-state index is 5.32. The van der Waals surface area contributed by atoms with E-state index < -0.39 is 0 Å². The highest BCUT2D eigenvalue weighted by molar-refractivity contribution is 5.27. The van der Waals surface area contributed by atoms with Crippen molar-refractivity contribution in [3.63, 3.8) is 0 Å². The Morgan fingerprint density at radius 2 is 2.00 bits per heavy atom. The molecule has 1 N–H and O–H groups in total. The summed E-state index contributed by atoms with van der Waals surface area (Å²) in [7, 11) is 2.03. The average molecular weight is 222 g/mol. The number of hydrogen-bond acceptors (Lipinski definition) is 5. The zero-order valence-corrected chi connectivity index (χ0v) is 9.65. The molecule has 1 saturated heterocycles. The van der Waals surface area contributed by atoms with Crippen molar-refractivity contribution < 1.29 is 4.52 Å². The van der Waals surface area contributed by atoms with Crippen molar-refractivity contribution in [2.24, 2.45) is 0 Å². The summed E-state index contributed by atoms with van der Waals surface area (Å²) in [6.45, 7) is 2.02. The van der Waals surface area contributed by atoms with Gasteiger partial charge in [0.1, 0.15) is 0 Å². The molecule has 1 saturated carbocycles. The second-order valence-corrected chi connectivity index (χ2v) is 4.76. The van der Waals surface area contributed by atoms with Gasteiger partial charge in [-0.1, -0.05) is 5.16 Å². The Morgan fingerprint density at radius 3 is 2.62 bits per heavy atom. The molecule has 0 radical (unpaired) electrons.